The highest BCUT2D eigenvalue weighted by atomic mass is 16.2. The number of fused-ring (bicyclic) bond motifs is 1. The van der Waals surface area contributed by atoms with Gasteiger partial charge in [0.25, 0.3) is 0 Å². The second-order valence-electron chi connectivity index (χ2n) is 4.74. The molecule has 6 heteroatoms. The molecule has 0 saturated carbocycles. The van der Waals surface area contributed by atoms with Crippen LogP contribution in [0.15, 0.2) is 30.6 Å². The fourth-order valence-corrected chi connectivity index (χ4v) is 2.41. The van der Waals surface area contributed by atoms with Crippen molar-refractivity contribution in [3.8, 4) is 0 Å². The zero-order chi connectivity index (χ0) is 13.2. The average Bonchev–Trinajstić information content (AvgIpc) is 2.99. The van der Waals surface area contributed by atoms with E-state index in [0.717, 1.165) is 13.0 Å². The quantitative estimate of drug-likeness (QED) is 0.799. The van der Waals surface area contributed by atoms with Crippen LogP contribution >= 0.6 is 0 Å². The molecule has 19 heavy (non-hydrogen) atoms. The van der Waals surface area contributed by atoms with E-state index < -0.39 is 0 Å². The number of aromatic nitrogens is 4. The lowest BCUT2D eigenvalue weighted by molar-refractivity contribution is -0.135. The molecule has 0 unspecified atom stereocenters. The van der Waals surface area contributed by atoms with E-state index in [9.17, 15) is 4.79 Å². The predicted molar refractivity (Wildman–Crippen MR) is 68.1 cm³/mol. The van der Waals surface area contributed by atoms with Crippen molar-refractivity contribution in [2.45, 2.75) is 25.9 Å². The Balaban J connectivity index is 1.76. The van der Waals surface area contributed by atoms with Crippen LogP contribution in [0, 0.1) is 0 Å². The molecular formula is C13H15N5O. The third kappa shape index (κ3) is 2.21. The van der Waals surface area contributed by atoms with Gasteiger partial charge in [-0.2, -0.15) is 0 Å². The lowest BCUT2D eigenvalue weighted by Gasteiger charge is -2.30. The van der Waals surface area contributed by atoms with Crippen LogP contribution in [-0.4, -0.2) is 37.6 Å². The molecule has 0 radical (unpaired) electrons. The minimum absolute atomic E-state index is 0.0572. The molecule has 1 aromatic heterocycles. The Hall–Kier alpha value is -2.24. The average molecular weight is 257 g/mol. The van der Waals surface area contributed by atoms with E-state index in [2.05, 4.69) is 27.7 Å². The second-order valence-corrected chi connectivity index (χ2v) is 4.74. The van der Waals surface area contributed by atoms with Crippen molar-refractivity contribution in [1.29, 1.82) is 0 Å². The Morgan fingerprint density at radius 3 is 2.84 bits per heavy atom. The molecule has 0 aliphatic carbocycles. The third-order valence-corrected chi connectivity index (χ3v) is 3.56. The molecule has 1 aliphatic rings. The molecule has 3 rings (SSSR count). The number of tetrazole rings is 1. The summed E-state index contributed by atoms with van der Waals surface area (Å²) in [5.74, 6) is 0.0572. The molecule has 0 saturated heterocycles. The van der Waals surface area contributed by atoms with Gasteiger partial charge in [-0.15, -0.1) is 5.10 Å². The first-order valence-corrected chi connectivity index (χ1v) is 6.34. The van der Waals surface area contributed by atoms with Gasteiger partial charge < -0.3 is 4.90 Å². The number of amides is 1. The Labute approximate surface area is 111 Å². The van der Waals surface area contributed by atoms with Gasteiger partial charge in [-0.3, -0.25) is 4.79 Å². The Morgan fingerprint density at radius 2 is 2.11 bits per heavy atom. The molecule has 0 spiro atoms. The van der Waals surface area contributed by atoms with Gasteiger partial charge in [0, 0.05) is 13.1 Å². The summed E-state index contributed by atoms with van der Waals surface area (Å²) in [7, 11) is 0. The van der Waals surface area contributed by atoms with Crippen LogP contribution in [0.2, 0.25) is 0 Å². The molecule has 98 valence electrons. The van der Waals surface area contributed by atoms with Crippen LogP contribution in [0.4, 0.5) is 0 Å². The van der Waals surface area contributed by atoms with Crippen molar-refractivity contribution >= 4 is 5.91 Å². The van der Waals surface area contributed by atoms with Gasteiger partial charge in [-0.1, -0.05) is 24.3 Å². The van der Waals surface area contributed by atoms with Crippen molar-refractivity contribution in [2.24, 2.45) is 0 Å². The van der Waals surface area contributed by atoms with Crippen LogP contribution in [-0.2, 0) is 17.8 Å². The number of carbonyl (C=O) groups is 1. The minimum Gasteiger partial charge on any atom is -0.336 e. The Bertz CT molecular complexity index is 580. The number of benzene rings is 1. The standard InChI is InChI=1S/C13H15N5O/c1-10(18-9-14-15-16-18)13(19)17-7-6-11-4-2-3-5-12(11)8-17/h2-5,9-10H,6-8H2,1H3/t10-/m0/s1. The molecule has 1 aromatic carbocycles. The molecule has 0 N–H and O–H groups in total. The highest BCUT2D eigenvalue weighted by Gasteiger charge is 2.25. The number of rotatable bonds is 2. The maximum atomic E-state index is 12.4. The molecular weight excluding hydrogens is 242 g/mol. The van der Waals surface area contributed by atoms with Gasteiger partial charge >= 0.3 is 0 Å². The second kappa shape index (κ2) is 4.79. The van der Waals surface area contributed by atoms with Gasteiger partial charge in [0.05, 0.1) is 0 Å². The molecule has 1 aliphatic heterocycles. The van der Waals surface area contributed by atoms with E-state index in [-0.39, 0.29) is 11.9 Å². The largest absolute Gasteiger partial charge is 0.336 e. The van der Waals surface area contributed by atoms with Gasteiger partial charge in [0.1, 0.15) is 12.4 Å². The Kier molecular flexibility index (Phi) is 2.98. The SMILES string of the molecule is C[C@@H](C(=O)N1CCc2ccccc2C1)n1cnnn1. The smallest absolute Gasteiger partial charge is 0.247 e. The highest BCUT2D eigenvalue weighted by molar-refractivity contribution is 5.80. The molecule has 2 aromatic rings. The zero-order valence-electron chi connectivity index (χ0n) is 10.7. The van der Waals surface area contributed by atoms with E-state index in [4.69, 9.17) is 0 Å². The first-order valence-electron chi connectivity index (χ1n) is 6.34. The maximum Gasteiger partial charge on any atom is 0.247 e. The van der Waals surface area contributed by atoms with Crippen molar-refractivity contribution in [2.75, 3.05) is 6.54 Å². The van der Waals surface area contributed by atoms with E-state index in [0.29, 0.717) is 6.54 Å². The number of carbonyl (C=O) groups excluding carboxylic acids is 1. The van der Waals surface area contributed by atoms with Gasteiger partial charge in [-0.05, 0) is 34.9 Å². The summed E-state index contributed by atoms with van der Waals surface area (Å²) >= 11 is 0. The van der Waals surface area contributed by atoms with E-state index in [1.807, 2.05) is 24.0 Å². The van der Waals surface area contributed by atoms with Crippen molar-refractivity contribution in [3.63, 3.8) is 0 Å². The molecule has 0 fully saturated rings. The van der Waals surface area contributed by atoms with Gasteiger partial charge in [0.2, 0.25) is 5.91 Å². The van der Waals surface area contributed by atoms with E-state index in [1.165, 1.54) is 22.1 Å². The summed E-state index contributed by atoms with van der Waals surface area (Å²) in [5, 5.41) is 10.9. The van der Waals surface area contributed by atoms with Gasteiger partial charge in [-0.25, -0.2) is 4.68 Å². The van der Waals surface area contributed by atoms with Crippen LogP contribution in [0.5, 0.6) is 0 Å². The first kappa shape index (κ1) is 11.8. The first-order chi connectivity index (χ1) is 9.25. The zero-order valence-corrected chi connectivity index (χ0v) is 10.7. The van der Waals surface area contributed by atoms with Crippen LogP contribution in [0.3, 0.4) is 0 Å². The summed E-state index contributed by atoms with van der Waals surface area (Å²) in [6.07, 6.45) is 2.38. The fourth-order valence-electron chi connectivity index (χ4n) is 2.41. The topological polar surface area (TPSA) is 63.9 Å². The fraction of sp³-hybridized carbons (Fsp3) is 0.385. The molecule has 0 bridgehead atoms. The lowest BCUT2D eigenvalue weighted by Crippen LogP contribution is -2.39. The molecule has 1 amide bonds. The predicted octanol–water partition coefficient (Wildman–Crippen LogP) is 0.819. The van der Waals surface area contributed by atoms with Crippen molar-refractivity contribution < 1.29 is 4.79 Å². The summed E-state index contributed by atoms with van der Waals surface area (Å²) in [6.45, 7) is 3.24. The van der Waals surface area contributed by atoms with Crippen LogP contribution in [0.25, 0.3) is 0 Å². The van der Waals surface area contributed by atoms with E-state index in [1.54, 1.807) is 0 Å². The highest BCUT2D eigenvalue weighted by Crippen LogP contribution is 2.20. The Morgan fingerprint density at radius 1 is 1.32 bits per heavy atom. The van der Waals surface area contributed by atoms with Crippen LogP contribution in [0.1, 0.15) is 24.1 Å². The normalized spacial score (nSPS) is 15.9. The van der Waals surface area contributed by atoms with Crippen molar-refractivity contribution in [3.05, 3.63) is 41.7 Å². The van der Waals surface area contributed by atoms with E-state index >= 15 is 0 Å². The summed E-state index contributed by atoms with van der Waals surface area (Å²) < 4.78 is 1.49. The lowest BCUT2D eigenvalue weighted by atomic mass is 9.99. The van der Waals surface area contributed by atoms with Crippen LogP contribution < -0.4 is 0 Å². The maximum absolute atomic E-state index is 12.4. The molecule has 2 heterocycles. The number of hydrogen-bond donors (Lipinski definition) is 0. The number of hydrogen-bond acceptors (Lipinski definition) is 4. The van der Waals surface area contributed by atoms with Gasteiger partial charge in [0.15, 0.2) is 0 Å². The summed E-state index contributed by atoms with van der Waals surface area (Å²) in [4.78, 5) is 14.3. The number of nitrogens with zero attached hydrogens (tertiary/aromatic N) is 5. The monoisotopic (exact) mass is 257 g/mol. The third-order valence-electron chi connectivity index (χ3n) is 3.56. The summed E-state index contributed by atoms with van der Waals surface area (Å²) in [5.41, 5.74) is 2.56. The molecule has 1 atom stereocenters. The minimum atomic E-state index is -0.361. The summed E-state index contributed by atoms with van der Waals surface area (Å²) in [6, 6.07) is 7.90. The van der Waals surface area contributed by atoms with Crippen molar-refractivity contribution in [1.82, 2.24) is 25.1 Å². The molecule has 6 nitrogen and oxygen atoms in total.